The molecule has 1 aromatic heterocycles. The number of fused-ring (bicyclic) bond motifs is 1. The van der Waals surface area contributed by atoms with Crippen molar-refractivity contribution in [2.75, 3.05) is 0 Å². The molecule has 2 aliphatic rings. The Kier molecular flexibility index (Phi) is 5.03. The second-order valence-corrected chi connectivity index (χ2v) is 8.95. The molecule has 0 spiro atoms. The van der Waals surface area contributed by atoms with Crippen molar-refractivity contribution in [2.24, 2.45) is 23.4 Å². The summed E-state index contributed by atoms with van der Waals surface area (Å²) in [5, 5.41) is 13.4. The van der Waals surface area contributed by atoms with Crippen molar-refractivity contribution in [3.05, 3.63) is 82.2 Å². The highest BCUT2D eigenvalue weighted by Gasteiger charge is 2.55. The van der Waals surface area contributed by atoms with E-state index in [2.05, 4.69) is 0 Å². The summed E-state index contributed by atoms with van der Waals surface area (Å²) < 4.78 is 18.7. The number of halogens is 1. The molecular formula is C25H26FN3O3. The fourth-order valence-corrected chi connectivity index (χ4v) is 4.56. The number of hydrogen-bond donors (Lipinski definition) is 3. The van der Waals surface area contributed by atoms with Gasteiger partial charge in [-0.3, -0.25) is 0 Å². The molecule has 2 aromatic carbocycles. The maximum Gasteiger partial charge on any atom is 0.336 e. The summed E-state index contributed by atoms with van der Waals surface area (Å²) in [7, 11) is 0. The van der Waals surface area contributed by atoms with Gasteiger partial charge in [0.2, 0.25) is 0 Å². The first-order valence-electron chi connectivity index (χ1n) is 10.9. The molecule has 2 aliphatic carbocycles. The Hall–Kier alpha value is -3.16. The van der Waals surface area contributed by atoms with E-state index in [1.807, 2.05) is 12.1 Å². The second kappa shape index (κ2) is 7.76. The summed E-state index contributed by atoms with van der Waals surface area (Å²) in [6.45, 7) is 0.326. The van der Waals surface area contributed by atoms with Crippen LogP contribution in [-0.4, -0.2) is 15.7 Å². The number of hydrazine groups is 1. The summed E-state index contributed by atoms with van der Waals surface area (Å²) in [5.74, 6) is 6.30. The zero-order chi connectivity index (χ0) is 22.5. The first-order chi connectivity index (χ1) is 15.3. The van der Waals surface area contributed by atoms with Crippen LogP contribution in [0.1, 0.15) is 31.2 Å². The molecule has 0 unspecified atom stereocenters. The fourth-order valence-electron chi connectivity index (χ4n) is 4.56. The van der Waals surface area contributed by atoms with Crippen molar-refractivity contribution < 1.29 is 13.9 Å². The van der Waals surface area contributed by atoms with Gasteiger partial charge in [-0.1, -0.05) is 24.3 Å². The van der Waals surface area contributed by atoms with Crippen LogP contribution in [0, 0.1) is 17.7 Å². The zero-order valence-corrected chi connectivity index (χ0v) is 17.6. The Bertz CT molecular complexity index is 1230. The van der Waals surface area contributed by atoms with Crippen LogP contribution in [0.2, 0.25) is 0 Å². The van der Waals surface area contributed by atoms with Gasteiger partial charge in [-0.05, 0) is 72.4 Å². The maximum absolute atomic E-state index is 13.3. The average molecular weight is 435 g/mol. The Morgan fingerprint density at radius 2 is 1.78 bits per heavy atom. The molecule has 0 saturated heterocycles. The normalized spacial score (nSPS) is 17.0. The van der Waals surface area contributed by atoms with Gasteiger partial charge in [0.15, 0.2) is 0 Å². The van der Waals surface area contributed by atoms with E-state index in [0.717, 1.165) is 42.2 Å². The van der Waals surface area contributed by atoms with Crippen molar-refractivity contribution in [3.8, 4) is 11.1 Å². The van der Waals surface area contributed by atoms with Gasteiger partial charge < -0.3 is 20.3 Å². The predicted molar refractivity (Wildman–Crippen MR) is 120 cm³/mol. The highest BCUT2D eigenvalue weighted by atomic mass is 19.1. The van der Waals surface area contributed by atoms with Crippen molar-refractivity contribution in [3.63, 3.8) is 0 Å². The molecule has 0 amide bonds. The molecule has 7 heteroatoms. The standard InChI is InChI=1S/C25H26FN3O3/c26-19-8-2-16(3-9-19)21-12-24(30)32-22-11-15(1-10-20(21)22)13-29(28)14-23(27)25(31,17-4-5-17)18-6-7-18/h1-3,8-12,14,17-18,31H,4-7,13,27-28H2/b23-14-. The average Bonchev–Trinajstić information content (AvgIpc) is 3.65. The molecule has 0 atom stereocenters. The van der Waals surface area contributed by atoms with E-state index in [4.69, 9.17) is 16.0 Å². The number of hydrogen-bond acceptors (Lipinski definition) is 6. The van der Waals surface area contributed by atoms with E-state index in [1.54, 1.807) is 24.4 Å². The van der Waals surface area contributed by atoms with Crippen molar-refractivity contribution >= 4 is 11.0 Å². The summed E-state index contributed by atoms with van der Waals surface area (Å²) in [4.78, 5) is 12.1. The molecule has 32 heavy (non-hydrogen) atoms. The van der Waals surface area contributed by atoms with Gasteiger partial charge >= 0.3 is 5.63 Å². The molecule has 2 saturated carbocycles. The molecular weight excluding hydrogens is 409 g/mol. The third-order valence-corrected chi connectivity index (χ3v) is 6.50. The molecule has 2 fully saturated rings. The zero-order valence-electron chi connectivity index (χ0n) is 17.6. The number of rotatable bonds is 7. The minimum absolute atomic E-state index is 0.222. The summed E-state index contributed by atoms with van der Waals surface area (Å²) in [6, 6.07) is 12.9. The highest BCUT2D eigenvalue weighted by molar-refractivity contribution is 5.93. The Morgan fingerprint density at radius 1 is 1.12 bits per heavy atom. The van der Waals surface area contributed by atoms with Gasteiger partial charge in [-0.25, -0.2) is 15.0 Å². The minimum atomic E-state index is -0.960. The van der Waals surface area contributed by atoms with E-state index in [1.165, 1.54) is 23.2 Å². The number of benzene rings is 2. The van der Waals surface area contributed by atoms with Crippen LogP contribution in [-0.2, 0) is 6.54 Å². The van der Waals surface area contributed by atoms with Gasteiger partial charge in [0.05, 0.1) is 12.2 Å². The quantitative estimate of drug-likeness (QED) is 0.297. The Balaban J connectivity index is 1.41. The lowest BCUT2D eigenvalue weighted by Gasteiger charge is -2.30. The highest BCUT2D eigenvalue weighted by Crippen LogP contribution is 2.54. The number of nitrogens with two attached hydrogens (primary N) is 2. The molecule has 166 valence electrons. The minimum Gasteiger partial charge on any atom is -0.423 e. The predicted octanol–water partition coefficient (Wildman–Crippen LogP) is 3.63. The third-order valence-electron chi connectivity index (χ3n) is 6.50. The van der Waals surface area contributed by atoms with Gasteiger partial charge in [-0.15, -0.1) is 0 Å². The van der Waals surface area contributed by atoms with Crippen molar-refractivity contribution in [2.45, 2.75) is 37.8 Å². The molecule has 1 heterocycles. The van der Waals surface area contributed by atoms with Gasteiger partial charge in [-0.2, -0.15) is 0 Å². The van der Waals surface area contributed by atoms with Crippen LogP contribution >= 0.6 is 0 Å². The summed E-state index contributed by atoms with van der Waals surface area (Å²) in [6.07, 6.45) is 5.59. The Labute approximate surface area is 184 Å². The van der Waals surface area contributed by atoms with Gasteiger partial charge in [0.1, 0.15) is 17.0 Å². The van der Waals surface area contributed by atoms with Crippen LogP contribution in [0.15, 0.2) is 69.6 Å². The lowest BCUT2D eigenvalue weighted by atomic mass is 9.88. The topological polar surface area (TPSA) is 106 Å². The number of aliphatic hydroxyl groups is 1. The lowest BCUT2D eigenvalue weighted by molar-refractivity contribution is 0.0288. The van der Waals surface area contributed by atoms with E-state index in [-0.39, 0.29) is 17.7 Å². The monoisotopic (exact) mass is 435 g/mol. The SMILES string of the molecule is N/C(=C\N(N)Cc1ccc2c(-c3ccc(F)cc3)cc(=O)oc2c1)C(O)(C1CC1)C1CC1. The van der Waals surface area contributed by atoms with E-state index in [0.29, 0.717) is 23.4 Å². The van der Waals surface area contributed by atoms with Crippen LogP contribution < -0.4 is 17.2 Å². The maximum atomic E-state index is 13.3. The van der Waals surface area contributed by atoms with Crippen LogP contribution in [0.5, 0.6) is 0 Å². The fraction of sp³-hybridized carbons (Fsp3) is 0.320. The second-order valence-electron chi connectivity index (χ2n) is 8.95. The third kappa shape index (κ3) is 3.89. The van der Waals surface area contributed by atoms with Gasteiger partial charge in [0, 0.05) is 17.7 Å². The van der Waals surface area contributed by atoms with E-state index >= 15 is 0 Å². The molecule has 0 bridgehead atoms. The van der Waals surface area contributed by atoms with E-state index < -0.39 is 11.2 Å². The first-order valence-corrected chi connectivity index (χ1v) is 10.9. The Morgan fingerprint density at radius 3 is 2.41 bits per heavy atom. The first kappa shape index (κ1) is 20.7. The molecule has 6 nitrogen and oxygen atoms in total. The van der Waals surface area contributed by atoms with Crippen LogP contribution in [0.25, 0.3) is 22.1 Å². The van der Waals surface area contributed by atoms with Crippen LogP contribution in [0.3, 0.4) is 0 Å². The summed E-state index contributed by atoms with van der Waals surface area (Å²) in [5.41, 5.74) is 7.92. The van der Waals surface area contributed by atoms with Gasteiger partial charge in [0.25, 0.3) is 0 Å². The van der Waals surface area contributed by atoms with Crippen LogP contribution in [0.4, 0.5) is 4.39 Å². The van der Waals surface area contributed by atoms with Crippen molar-refractivity contribution in [1.29, 1.82) is 0 Å². The molecule has 5 N–H and O–H groups in total. The van der Waals surface area contributed by atoms with E-state index in [9.17, 15) is 14.3 Å². The van der Waals surface area contributed by atoms with Crippen molar-refractivity contribution in [1.82, 2.24) is 5.01 Å². The number of nitrogens with zero attached hydrogens (tertiary/aromatic N) is 1. The lowest BCUT2D eigenvalue weighted by Crippen LogP contribution is -2.42. The molecule has 5 rings (SSSR count). The largest absolute Gasteiger partial charge is 0.423 e. The molecule has 3 aromatic rings. The molecule has 0 radical (unpaired) electrons. The molecule has 0 aliphatic heterocycles. The smallest absolute Gasteiger partial charge is 0.336 e. The summed E-state index contributed by atoms with van der Waals surface area (Å²) >= 11 is 0.